The van der Waals surface area contributed by atoms with Crippen molar-refractivity contribution in [2.75, 3.05) is 24.3 Å². The van der Waals surface area contributed by atoms with Gasteiger partial charge in [0.1, 0.15) is 0 Å². The number of anilines is 2. The number of nitrogens with zero attached hydrogens (tertiary/aromatic N) is 1. The number of nitrogens with one attached hydrogen (secondary N) is 1. The van der Waals surface area contributed by atoms with E-state index in [9.17, 15) is 4.79 Å². The molecule has 0 aliphatic heterocycles. The number of hydrogen-bond donors (Lipinski definition) is 1. The molecule has 1 amide bonds. The van der Waals surface area contributed by atoms with Crippen LogP contribution >= 0.6 is 0 Å². The summed E-state index contributed by atoms with van der Waals surface area (Å²) in [5.74, 6) is -0.133. The molecular formula is C17H18N2O. The van der Waals surface area contributed by atoms with Crippen molar-refractivity contribution in [1.29, 1.82) is 0 Å². The van der Waals surface area contributed by atoms with Gasteiger partial charge in [0.2, 0.25) is 5.91 Å². The quantitative estimate of drug-likeness (QED) is 0.860. The molecule has 0 aliphatic carbocycles. The van der Waals surface area contributed by atoms with E-state index in [1.807, 2.05) is 73.6 Å². The third-order valence-corrected chi connectivity index (χ3v) is 2.88. The third kappa shape index (κ3) is 3.99. The van der Waals surface area contributed by atoms with Crippen LogP contribution in [-0.2, 0) is 4.79 Å². The molecule has 1 N–H and O–H groups in total. The molecule has 0 fully saturated rings. The van der Waals surface area contributed by atoms with E-state index in [0.717, 1.165) is 16.9 Å². The van der Waals surface area contributed by atoms with Crippen molar-refractivity contribution in [1.82, 2.24) is 0 Å². The molecule has 2 rings (SSSR count). The van der Waals surface area contributed by atoms with E-state index in [1.165, 1.54) is 6.08 Å². The molecule has 0 saturated heterocycles. The highest BCUT2D eigenvalue weighted by molar-refractivity contribution is 6.01. The lowest BCUT2D eigenvalue weighted by atomic mass is 10.2. The van der Waals surface area contributed by atoms with Crippen LogP contribution in [0.1, 0.15) is 5.56 Å². The molecule has 3 nitrogen and oxygen atoms in total. The molecule has 3 heteroatoms. The summed E-state index contributed by atoms with van der Waals surface area (Å²) >= 11 is 0. The molecule has 102 valence electrons. The van der Waals surface area contributed by atoms with E-state index in [0.29, 0.717) is 0 Å². The maximum atomic E-state index is 11.8. The summed E-state index contributed by atoms with van der Waals surface area (Å²) in [5, 5.41) is 2.83. The molecule has 0 heterocycles. The maximum absolute atomic E-state index is 11.8. The number of carbonyl (C=O) groups excluding carboxylic acids is 1. The standard InChI is InChI=1S/C17H18N2O/c1-19(2)16-11-9-15(10-12-16)18-17(20)13-8-14-6-4-3-5-7-14/h3-13H,1-2H3,(H,18,20)/b13-8-. The van der Waals surface area contributed by atoms with Crippen LogP contribution in [0.25, 0.3) is 6.08 Å². The first kappa shape index (κ1) is 13.9. The average molecular weight is 266 g/mol. The first-order chi connectivity index (χ1) is 9.65. The van der Waals surface area contributed by atoms with Gasteiger partial charge in [-0.15, -0.1) is 0 Å². The van der Waals surface area contributed by atoms with Crippen LogP contribution in [-0.4, -0.2) is 20.0 Å². The normalized spacial score (nSPS) is 10.5. The van der Waals surface area contributed by atoms with Crippen molar-refractivity contribution in [3.8, 4) is 0 Å². The Morgan fingerprint density at radius 1 is 1.00 bits per heavy atom. The molecule has 2 aromatic rings. The van der Waals surface area contributed by atoms with Gasteiger partial charge in [-0.1, -0.05) is 30.3 Å². The van der Waals surface area contributed by atoms with Crippen molar-refractivity contribution < 1.29 is 4.79 Å². The lowest BCUT2D eigenvalue weighted by Crippen LogP contribution is -2.10. The SMILES string of the molecule is CN(C)c1ccc(NC(=O)/C=C\c2ccccc2)cc1. The lowest BCUT2D eigenvalue weighted by Gasteiger charge is -2.12. The highest BCUT2D eigenvalue weighted by atomic mass is 16.1. The first-order valence-corrected chi connectivity index (χ1v) is 6.46. The largest absolute Gasteiger partial charge is 0.378 e. The van der Waals surface area contributed by atoms with Crippen LogP contribution in [0.2, 0.25) is 0 Å². The van der Waals surface area contributed by atoms with Gasteiger partial charge in [-0.05, 0) is 35.9 Å². The van der Waals surface area contributed by atoms with Gasteiger partial charge >= 0.3 is 0 Å². The Labute approximate surface area is 119 Å². The van der Waals surface area contributed by atoms with Crippen molar-refractivity contribution in [2.24, 2.45) is 0 Å². The van der Waals surface area contributed by atoms with Crippen molar-refractivity contribution in [2.45, 2.75) is 0 Å². The fraction of sp³-hybridized carbons (Fsp3) is 0.118. The third-order valence-electron chi connectivity index (χ3n) is 2.88. The smallest absolute Gasteiger partial charge is 0.248 e. The van der Waals surface area contributed by atoms with Gasteiger partial charge in [0.15, 0.2) is 0 Å². The van der Waals surface area contributed by atoms with E-state index in [-0.39, 0.29) is 5.91 Å². The Kier molecular flexibility index (Phi) is 4.56. The summed E-state index contributed by atoms with van der Waals surface area (Å²) in [6.45, 7) is 0. The highest BCUT2D eigenvalue weighted by Gasteiger charge is 1.99. The molecule has 0 saturated carbocycles. The molecular weight excluding hydrogens is 248 g/mol. The second kappa shape index (κ2) is 6.57. The van der Waals surface area contributed by atoms with Gasteiger partial charge < -0.3 is 10.2 Å². The zero-order chi connectivity index (χ0) is 14.4. The number of carbonyl (C=O) groups is 1. The first-order valence-electron chi connectivity index (χ1n) is 6.46. The Morgan fingerprint density at radius 3 is 2.25 bits per heavy atom. The monoisotopic (exact) mass is 266 g/mol. The van der Waals surface area contributed by atoms with Crippen molar-refractivity contribution >= 4 is 23.4 Å². The molecule has 2 aromatic carbocycles. The lowest BCUT2D eigenvalue weighted by molar-refractivity contribution is -0.111. The van der Waals surface area contributed by atoms with Crippen LogP contribution in [0.3, 0.4) is 0 Å². The molecule has 0 bridgehead atoms. The zero-order valence-corrected chi connectivity index (χ0v) is 11.7. The van der Waals surface area contributed by atoms with Crippen LogP contribution in [0, 0.1) is 0 Å². The number of benzene rings is 2. The highest BCUT2D eigenvalue weighted by Crippen LogP contribution is 2.15. The average Bonchev–Trinajstić information content (AvgIpc) is 2.47. The van der Waals surface area contributed by atoms with Crippen molar-refractivity contribution in [3.05, 3.63) is 66.2 Å². The van der Waals surface area contributed by atoms with Crippen LogP contribution in [0.4, 0.5) is 11.4 Å². The summed E-state index contributed by atoms with van der Waals surface area (Å²) in [5.41, 5.74) is 2.90. The molecule has 0 aliphatic rings. The zero-order valence-electron chi connectivity index (χ0n) is 11.7. The van der Waals surface area contributed by atoms with Gasteiger partial charge in [0.05, 0.1) is 0 Å². The summed E-state index contributed by atoms with van der Waals surface area (Å²) in [7, 11) is 3.96. The van der Waals surface area contributed by atoms with E-state index in [2.05, 4.69) is 5.32 Å². The van der Waals surface area contributed by atoms with Gasteiger partial charge in [-0.25, -0.2) is 0 Å². The number of amides is 1. The fourth-order valence-corrected chi connectivity index (χ4v) is 1.76. The predicted octanol–water partition coefficient (Wildman–Crippen LogP) is 3.40. The summed E-state index contributed by atoms with van der Waals surface area (Å²) in [4.78, 5) is 13.8. The Balaban J connectivity index is 1.96. The van der Waals surface area contributed by atoms with E-state index >= 15 is 0 Å². The van der Waals surface area contributed by atoms with Crippen LogP contribution < -0.4 is 10.2 Å². The van der Waals surface area contributed by atoms with Gasteiger partial charge in [0.25, 0.3) is 0 Å². The molecule has 20 heavy (non-hydrogen) atoms. The number of rotatable bonds is 4. The Bertz CT molecular complexity index is 586. The van der Waals surface area contributed by atoms with E-state index < -0.39 is 0 Å². The minimum Gasteiger partial charge on any atom is -0.378 e. The minimum absolute atomic E-state index is 0.133. The Morgan fingerprint density at radius 2 is 1.65 bits per heavy atom. The minimum atomic E-state index is -0.133. The number of hydrogen-bond acceptors (Lipinski definition) is 2. The summed E-state index contributed by atoms with van der Waals surface area (Å²) in [6.07, 6.45) is 3.33. The predicted molar refractivity (Wildman–Crippen MR) is 84.9 cm³/mol. The molecule has 0 atom stereocenters. The topological polar surface area (TPSA) is 32.3 Å². The van der Waals surface area contributed by atoms with E-state index in [1.54, 1.807) is 6.08 Å². The Hall–Kier alpha value is -2.55. The molecule has 0 aromatic heterocycles. The summed E-state index contributed by atoms with van der Waals surface area (Å²) < 4.78 is 0. The second-order valence-corrected chi connectivity index (χ2v) is 4.67. The summed E-state index contributed by atoms with van der Waals surface area (Å²) in [6, 6.07) is 17.5. The van der Waals surface area contributed by atoms with Gasteiger partial charge in [-0.2, -0.15) is 0 Å². The van der Waals surface area contributed by atoms with Crippen molar-refractivity contribution in [3.63, 3.8) is 0 Å². The fourth-order valence-electron chi connectivity index (χ4n) is 1.76. The molecule has 0 unspecified atom stereocenters. The van der Waals surface area contributed by atoms with Gasteiger partial charge in [-0.3, -0.25) is 4.79 Å². The maximum Gasteiger partial charge on any atom is 0.248 e. The van der Waals surface area contributed by atoms with Gasteiger partial charge in [0, 0.05) is 31.5 Å². The molecule has 0 radical (unpaired) electrons. The van der Waals surface area contributed by atoms with E-state index in [4.69, 9.17) is 0 Å². The molecule has 0 spiro atoms. The second-order valence-electron chi connectivity index (χ2n) is 4.67. The van der Waals surface area contributed by atoms with Crippen LogP contribution in [0.5, 0.6) is 0 Å². The van der Waals surface area contributed by atoms with Crippen LogP contribution in [0.15, 0.2) is 60.7 Å².